The zero-order chi connectivity index (χ0) is 17.5. The molecule has 1 aromatic rings. The Labute approximate surface area is 139 Å². The Bertz CT molecular complexity index is 683. The average Bonchev–Trinajstić information content (AvgIpc) is 2.91. The van der Waals surface area contributed by atoms with Crippen molar-refractivity contribution in [1.82, 2.24) is 4.90 Å². The highest BCUT2D eigenvalue weighted by atomic mass is 16.6. The molecule has 1 fully saturated rings. The minimum absolute atomic E-state index is 0.00658. The maximum atomic E-state index is 12.7. The van der Waals surface area contributed by atoms with Gasteiger partial charge in [-0.25, -0.2) is 0 Å². The van der Waals surface area contributed by atoms with E-state index in [0.717, 1.165) is 0 Å². The van der Waals surface area contributed by atoms with Gasteiger partial charge >= 0.3 is 0 Å². The Balaban J connectivity index is 2.03. The first-order valence-electron chi connectivity index (χ1n) is 7.92. The molecule has 1 amide bonds. The molecule has 2 heterocycles. The fourth-order valence-electron chi connectivity index (χ4n) is 3.12. The van der Waals surface area contributed by atoms with Gasteiger partial charge in [0.1, 0.15) is 5.69 Å². The van der Waals surface area contributed by atoms with Gasteiger partial charge in [-0.1, -0.05) is 0 Å². The number of anilines is 1. The van der Waals surface area contributed by atoms with Crippen molar-refractivity contribution in [2.45, 2.75) is 25.9 Å². The fraction of sp³-hybridized carbons (Fsp3) is 0.562. The van der Waals surface area contributed by atoms with Gasteiger partial charge in [0.05, 0.1) is 30.3 Å². The van der Waals surface area contributed by atoms with Crippen LogP contribution >= 0.6 is 0 Å². The van der Waals surface area contributed by atoms with Crippen molar-refractivity contribution < 1.29 is 19.6 Å². The van der Waals surface area contributed by atoms with Gasteiger partial charge in [-0.15, -0.1) is 0 Å². The molecule has 1 N–H and O–H groups in total. The van der Waals surface area contributed by atoms with Crippen molar-refractivity contribution in [2.24, 2.45) is 0 Å². The van der Waals surface area contributed by atoms with Gasteiger partial charge in [0.15, 0.2) is 0 Å². The Hall–Kier alpha value is -2.19. The third-order valence-corrected chi connectivity index (χ3v) is 4.67. The number of nitro benzene ring substituents is 1. The van der Waals surface area contributed by atoms with Crippen LogP contribution in [0, 0.1) is 10.1 Å². The summed E-state index contributed by atoms with van der Waals surface area (Å²) in [4.78, 5) is 27.2. The maximum absolute atomic E-state index is 12.7. The molecular formula is C16H21N3O5. The Morgan fingerprint density at radius 1 is 1.33 bits per heavy atom. The van der Waals surface area contributed by atoms with E-state index in [1.165, 1.54) is 6.07 Å². The van der Waals surface area contributed by atoms with Crippen LogP contribution in [0.25, 0.3) is 0 Å². The van der Waals surface area contributed by atoms with Crippen LogP contribution in [0.15, 0.2) is 12.1 Å². The molecule has 1 aromatic carbocycles. The summed E-state index contributed by atoms with van der Waals surface area (Å²) in [5.41, 5.74) is 0.851. The summed E-state index contributed by atoms with van der Waals surface area (Å²) in [7, 11) is 0. The Kier molecular flexibility index (Phi) is 4.18. The number of aliphatic hydroxyl groups is 1. The molecule has 0 unspecified atom stereocenters. The SMILES string of the molecule is CC(C)(CO)N1Cc2cc([N+](=O)[O-])c(N3CCOCC3)cc2C1=O. The molecule has 0 radical (unpaired) electrons. The predicted octanol–water partition coefficient (Wildman–Crippen LogP) is 1.16. The zero-order valence-electron chi connectivity index (χ0n) is 13.8. The van der Waals surface area contributed by atoms with Crippen molar-refractivity contribution in [1.29, 1.82) is 0 Å². The number of ether oxygens (including phenoxy) is 1. The second-order valence-electron chi connectivity index (χ2n) is 6.72. The first-order valence-corrected chi connectivity index (χ1v) is 7.92. The number of carbonyl (C=O) groups is 1. The van der Waals surface area contributed by atoms with E-state index in [1.54, 1.807) is 24.8 Å². The summed E-state index contributed by atoms with van der Waals surface area (Å²) < 4.78 is 5.30. The van der Waals surface area contributed by atoms with Crippen molar-refractivity contribution in [2.75, 3.05) is 37.8 Å². The van der Waals surface area contributed by atoms with Gasteiger partial charge in [-0.2, -0.15) is 0 Å². The van der Waals surface area contributed by atoms with Crippen LogP contribution < -0.4 is 4.90 Å². The van der Waals surface area contributed by atoms with Crippen LogP contribution in [0.3, 0.4) is 0 Å². The highest BCUT2D eigenvalue weighted by Crippen LogP contribution is 2.37. The highest BCUT2D eigenvalue weighted by Gasteiger charge is 2.39. The van der Waals surface area contributed by atoms with E-state index in [2.05, 4.69) is 0 Å². The minimum Gasteiger partial charge on any atom is -0.394 e. The standard InChI is InChI=1S/C16H21N3O5/c1-16(2,10-20)18-9-11-7-14(19(22)23)13(8-12(11)15(18)21)17-3-5-24-6-4-17/h7-8,20H,3-6,9-10H2,1-2H3. The smallest absolute Gasteiger partial charge is 0.292 e. The summed E-state index contributed by atoms with van der Waals surface area (Å²) in [6.45, 7) is 5.76. The Morgan fingerprint density at radius 2 is 2.00 bits per heavy atom. The third kappa shape index (κ3) is 2.71. The lowest BCUT2D eigenvalue weighted by Gasteiger charge is -2.33. The van der Waals surface area contributed by atoms with E-state index in [4.69, 9.17) is 4.74 Å². The number of hydrogen-bond donors (Lipinski definition) is 1. The molecule has 8 heteroatoms. The van der Waals surface area contributed by atoms with Gasteiger partial charge in [-0.3, -0.25) is 14.9 Å². The zero-order valence-corrected chi connectivity index (χ0v) is 13.8. The van der Waals surface area contributed by atoms with Crippen LogP contribution in [0.1, 0.15) is 29.8 Å². The van der Waals surface area contributed by atoms with E-state index in [1.807, 2.05) is 4.90 Å². The van der Waals surface area contributed by atoms with Crippen LogP contribution in [0.2, 0.25) is 0 Å². The fourth-order valence-corrected chi connectivity index (χ4v) is 3.12. The van der Waals surface area contributed by atoms with Crippen molar-refractivity contribution in [3.05, 3.63) is 33.4 Å². The van der Waals surface area contributed by atoms with E-state index < -0.39 is 10.5 Å². The second kappa shape index (κ2) is 6.03. The number of amides is 1. The molecule has 130 valence electrons. The lowest BCUT2D eigenvalue weighted by atomic mass is 10.1. The molecule has 1 saturated heterocycles. The molecule has 8 nitrogen and oxygen atoms in total. The number of hydrogen-bond acceptors (Lipinski definition) is 6. The summed E-state index contributed by atoms with van der Waals surface area (Å²) in [5.74, 6) is -0.201. The molecule has 3 rings (SSSR count). The van der Waals surface area contributed by atoms with Crippen LogP contribution in [-0.2, 0) is 11.3 Å². The largest absolute Gasteiger partial charge is 0.394 e. The number of nitro groups is 1. The van der Waals surface area contributed by atoms with Gasteiger partial charge in [0.25, 0.3) is 11.6 Å². The number of morpholine rings is 1. The summed E-state index contributed by atoms with van der Waals surface area (Å²) in [5, 5.41) is 21.0. The molecular weight excluding hydrogens is 314 g/mol. The molecule has 0 aliphatic carbocycles. The molecule has 24 heavy (non-hydrogen) atoms. The quantitative estimate of drug-likeness (QED) is 0.655. The predicted molar refractivity (Wildman–Crippen MR) is 87.2 cm³/mol. The number of rotatable bonds is 4. The first-order chi connectivity index (χ1) is 11.3. The molecule has 0 spiro atoms. The van der Waals surface area contributed by atoms with Crippen LogP contribution in [0.5, 0.6) is 0 Å². The van der Waals surface area contributed by atoms with E-state index in [9.17, 15) is 20.0 Å². The van der Waals surface area contributed by atoms with Gasteiger partial charge in [0, 0.05) is 31.3 Å². The molecule has 0 saturated carbocycles. The van der Waals surface area contributed by atoms with Crippen molar-refractivity contribution in [3.8, 4) is 0 Å². The summed E-state index contributed by atoms with van der Waals surface area (Å²) in [6, 6.07) is 3.11. The number of aliphatic hydroxyl groups excluding tert-OH is 1. The van der Waals surface area contributed by atoms with E-state index in [-0.39, 0.29) is 24.7 Å². The molecule has 2 aliphatic heterocycles. The van der Waals surface area contributed by atoms with Gasteiger partial charge in [0.2, 0.25) is 0 Å². The topological polar surface area (TPSA) is 96.2 Å². The number of carbonyl (C=O) groups excluding carboxylic acids is 1. The van der Waals surface area contributed by atoms with Crippen LogP contribution in [0.4, 0.5) is 11.4 Å². The van der Waals surface area contributed by atoms with E-state index in [0.29, 0.717) is 43.1 Å². The summed E-state index contributed by atoms with van der Waals surface area (Å²) >= 11 is 0. The first kappa shape index (κ1) is 16.7. The van der Waals surface area contributed by atoms with Crippen molar-refractivity contribution >= 4 is 17.3 Å². The summed E-state index contributed by atoms with van der Waals surface area (Å²) in [6.07, 6.45) is 0. The number of benzene rings is 1. The molecule has 0 aromatic heterocycles. The highest BCUT2D eigenvalue weighted by molar-refractivity contribution is 6.00. The van der Waals surface area contributed by atoms with Crippen molar-refractivity contribution in [3.63, 3.8) is 0 Å². The van der Waals surface area contributed by atoms with E-state index >= 15 is 0 Å². The Morgan fingerprint density at radius 3 is 2.58 bits per heavy atom. The van der Waals surface area contributed by atoms with Gasteiger partial charge in [-0.05, 0) is 25.5 Å². The number of fused-ring (bicyclic) bond motifs is 1. The molecule has 2 aliphatic rings. The van der Waals surface area contributed by atoms with Gasteiger partial charge < -0.3 is 19.6 Å². The lowest BCUT2D eigenvalue weighted by Crippen LogP contribution is -2.46. The molecule has 0 bridgehead atoms. The monoisotopic (exact) mass is 335 g/mol. The average molecular weight is 335 g/mol. The maximum Gasteiger partial charge on any atom is 0.292 e. The normalized spacial score (nSPS) is 18.0. The number of nitrogens with zero attached hydrogens (tertiary/aromatic N) is 3. The van der Waals surface area contributed by atoms with Crippen LogP contribution in [-0.4, -0.2) is 59.3 Å². The molecule has 0 atom stereocenters. The second-order valence-corrected chi connectivity index (χ2v) is 6.72. The third-order valence-electron chi connectivity index (χ3n) is 4.67. The minimum atomic E-state index is -0.718. The lowest BCUT2D eigenvalue weighted by molar-refractivity contribution is -0.384.